The van der Waals surface area contributed by atoms with Gasteiger partial charge in [0.05, 0.1) is 6.54 Å². The van der Waals surface area contributed by atoms with Crippen molar-refractivity contribution in [1.29, 1.82) is 0 Å². The van der Waals surface area contributed by atoms with Gasteiger partial charge in [-0.25, -0.2) is 0 Å². The molecule has 2 aliphatic carbocycles. The maximum Gasteiger partial charge on any atom is 0.320 e. The van der Waals surface area contributed by atoms with Gasteiger partial charge < -0.3 is 10.1 Å². The maximum atomic E-state index is 11.9. The van der Waals surface area contributed by atoms with Crippen LogP contribution in [0, 0.1) is 22.7 Å². The van der Waals surface area contributed by atoms with Gasteiger partial charge in [0.15, 0.2) is 0 Å². The molecule has 2 bridgehead atoms. The number of fused-ring (bicyclic) bond motifs is 2. The minimum absolute atomic E-state index is 0.0878. The molecule has 110 valence electrons. The first-order valence-electron chi connectivity index (χ1n) is 7.67. The molecule has 0 spiro atoms. The van der Waals surface area contributed by atoms with E-state index in [0.29, 0.717) is 17.9 Å². The normalized spacial score (nSPS) is 35.9. The Kier molecular flexibility index (Phi) is 3.97. The topological polar surface area (TPSA) is 38.3 Å². The number of hydrogen-bond donors (Lipinski definition) is 1. The van der Waals surface area contributed by atoms with E-state index in [1.807, 2.05) is 0 Å². The molecular weight excluding hydrogens is 238 g/mol. The molecule has 2 rings (SSSR count). The quantitative estimate of drug-likeness (QED) is 0.778. The molecule has 0 aromatic heterocycles. The van der Waals surface area contributed by atoms with Crippen LogP contribution < -0.4 is 5.32 Å². The van der Waals surface area contributed by atoms with E-state index in [4.69, 9.17) is 4.74 Å². The number of rotatable bonds is 5. The Morgan fingerprint density at radius 1 is 1.37 bits per heavy atom. The Hall–Kier alpha value is -0.570. The predicted octanol–water partition coefficient (Wildman–Crippen LogP) is 2.99. The van der Waals surface area contributed by atoms with Crippen molar-refractivity contribution in [3.8, 4) is 0 Å². The zero-order chi connectivity index (χ0) is 14.3. The minimum atomic E-state index is -0.0878. The summed E-state index contributed by atoms with van der Waals surface area (Å²) < 4.78 is 5.76. The van der Waals surface area contributed by atoms with Crippen molar-refractivity contribution >= 4 is 5.97 Å². The standard InChI is InChI=1S/C16H29NO2/c1-11(2)9-17-10-14(18)19-13-8-12-6-7-16(13,5)15(12,3)4/h11-13,17H,6-10H2,1-5H3. The fourth-order valence-electron chi connectivity index (χ4n) is 3.97. The van der Waals surface area contributed by atoms with Crippen molar-refractivity contribution in [3.05, 3.63) is 0 Å². The van der Waals surface area contributed by atoms with Crippen molar-refractivity contribution in [2.45, 2.75) is 60.0 Å². The lowest BCUT2D eigenvalue weighted by molar-refractivity contribution is -0.155. The van der Waals surface area contributed by atoms with Crippen molar-refractivity contribution < 1.29 is 9.53 Å². The molecule has 2 fully saturated rings. The summed E-state index contributed by atoms with van der Waals surface area (Å²) in [5.41, 5.74) is 0.481. The number of ether oxygens (including phenoxy) is 1. The highest BCUT2D eigenvalue weighted by Gasteiger charge is 2.62. The third-order valence-electron chi connectivity index (χ3n) is 5.81. The first kappa shape index (κ1) is 14.8. The van der Waals surface area contributed by atoms with Crippen LogP contribution in [0.4, 0.5) is 0 Å². The molecule has 0 amide bonds. The van der Waals surface area contributed by atoms with Gasteiger partial charge in [0.25, 0.3) is 0 Å². The average Bonchev–Trinajstić information content (AvgIpc) is 2.61. The van der Waals surface area contributed by atoms with Crippen LogP contribution in [0.1, 0.15) is 53.9 Å². The lowest BCUT2D eigenvalue weighted by Crippen LogP contribution is -2.40. The molecule has 0 aromatic rings. The summed E-state index contributed by atoms with van der Waals surface area (Å²) in [4.78, 5) is 11.9. The van der Waals surface area contributed by atoms with Gasteiger partial charge >= 0.3 is 5.97 Å². The maximum absolute atomic E-state index is 11.9. The van der Waals surface area contributed by atoms with Gasteiger partial charge in [0.1, 0.15) is 6.10 Å². The Bertz CT molecular complexity index is 351. The number of hydrogen-bond acceptors (Lipinski definition) is 3. The molecule has 2 aliphatic rings. The van der Waals surface area contributed by atoms with Crippen molar-refractivity contribution in [1.82, 2.24) is 5.32 Å². The molecule has 0 aromatic carbocycles. The summed E-state index contributed by atoms with van der Waals surface area (Å²) in [7, 11) is 0. The summed E-state index contributed by atoms with van der Waals surface area (Å²) in [5, 5.41) is 3.16. The summed E-state index contributed by atoms with van der Waals surface area (Å²) in [5.74, 6) is 1.20. The summed E-state index contributed by atoms with van der Waals surface area (Å²) in [6, 6.07) is 0. The molecule has 1 N–H and O–H groups in total. The Morgan fingerprint density at radius 3 is 2.53 bits per heavy atom. The molecule has 0 aliphatic heterocycles. The first-order valence-corrected chi connectivity index (χ1v) is 7.67. The summed E-state index contributed by atoms with van der Waals surface area (Å²) in [6.07, 6.45) is 3.67. The van der Waals surface area contributed by atoms with Gasteiger partial charge in [-0.1, -0.05) is 34.6 Å². The zero-order valence-corrected chi connectivity index (χ0v) is 13.1. The van der Waals surface area contributed by atoms with Gasteiger partial charge in [0, 0.05) is 5.41 Å². The van der Waals surface area contributed by atoms with E-state index in [9.17, 15) is 4.79 Å². The van der Waals surface area contributed by atoms with Gasteiger partial charge in [-0.05, 0) is 43.1 Å². The van der Waals surface area contributed by atoms with Crippen LogP contribution in [0.15, 0.2) is 0 Å². The lowest BCUT2D eigenvalue weighted by atomic mass is 9.70. The van der Waals surface area contributed by atoms with Crippen LogP contribution in [0.3, 0.4) is 0 Å². The smallest absolute Gasteiger partial charge is 0.320 e. The highest BCUT2D eigenvalue weighted by molar-refractivity contribution is 5.72. The number of carbonyl (C=O) groups is 1. The monoisotopic (exact) mass is 267 g/mol. The number of carbonyl (C=O) groups excluding carboxylic acids is 1. The van der Waals surface area contributed by atoms with E-state index in [1.54, 1.807) is 0 Å². The molecule has 3 nitrogen and oxygen atoms in total. The highest BCUT2D eigenvalue weighted by atomic mass is 16.5. The molecule has 3 unspecified atom stereocenters. The Labute approximate surface area is 117 Å². The van der Waals surface area contributed by atoms with Crippen LogP contribution in [-0.4, -0.2) is 25.2 Å². The van der Waals surface area contributed by atoms with Crippen molar-refractivity contribution in [2.75, 3.05) is 13.1 Å². The first-order chi connectivity index (χ1) is 8.77. The van der Waals surface area contributed by atoms with E-state index in [2.05, 4.69) is 39.9 Å². The summed E-state index contributed by atoms with van der Waals surface area (Å²) >= 11 is 0. The SMILES string of the molecule is CC(C)CNCC(=O)OC1CC2CCC1(C)C2(C)C. The molecular formula is C16H29NO2. The average molecular weight is 267 g/mol. The number of nitrogens with one attached hydrogen (secondary N) is 1. The number of esters is 1. The Morgan fingerprint density at radius 2 is 2.05 bits per heavy atom. The molecule has 19 heavy (non-hydrogen) atoms. The van der Waals surface area contributed by atoms with Crippen LogP contribution >= 0.6 is 0 Å². The van der Waals surface area contributed by atoms with Crippen molar-refractivity contribution in [2.24, 2.45) is 22.7 Å². The molecule has 3 atom stereocenters. The van der Waals surface area contributed by atoms with E-state index in [-0.39, 0.29) is 17.5 Å². The minimum Gasteiger partial charge on any atom is -0.461 e. The van der Waals surface area contributed by atoms with E-state index >= 15 is 0 Å². The van der Waals surface area contributed by atoms with Gasteiger partial charge in [-0.15, -0.1) is 0 Å². The van der Waals surface area contributed by atoms with E-state index in [0.717, 1.165) is 18.9 Å². The van der Waals surface area contributed by atoms with Crippen LogP contribution in [-0.2, 0) is 9.53 Å². The molecule has 3 heteroatoms. The highest BCUT2D eigenvalue weighted by Crippen LogP contribution is 2.66. The largest absolute Gasteiger partial charge is 0.461 e. The zero-order valence-electron chi connectivity index (χ0n) is 13.1. The van der Waals surface area contributed by atoms with Gasteiger partial charge in [-0.3, -0.25) is 4.79 Å². The molecule has 0 saturated heterocycles. The molecule has 2 saturated carbocycles. The second kappa shape index (κ2) is 5.08. The second-order valence-corrected chi connectivity index (χ2v) is 7.61. The third-order valence-corrected chi connectivity index (χ3v) is 5.81. The molecule has 0 radical (unpaired) electrons. The van der Waals surface area contributed by atoms with E-state index in [1.165, 1.54) is 12.8 Å². The van der Waals surface area contributed by atoms with Crippen molar-refractivity contribution in [3.63, 3.8) is 0 Å². The van der Waals surface area contributed by atoms with Gasteiger partial charge in [0.2, 0.25) is 0 Å². The third kappa shape index (κ3) is 2.54. The van der Waals surface area contributed by atoms with E-state index < -0.39 is 0 Å². The lowest BCUT2D eigenvalue weighted by Gasteiger charge is -2.38. The molecule has 0 heterocycles. The predicted molar refractivity (Wildman–Crippen MR) is 76.8 cm³/mol. The Balaban J connectivity index is 1.86. The van der Waals surface area contributed by atoms with Crippen LogP contribution in [0.25, 0.3) is 0 Å². The fraction of sp³-hybridized carbons (Fsp3) is 0.938. The summed E-state index contributed by atoms with van der Waals surface area (Å²) in [6.45, 7) is 12.5. The fourth-order valence-corrected chi connectivity index (χ4v) is 3.97. The van der Waals surface area contributed by atoms with Crippen LogP contribution in [0.2, 0.25) is 0 Å². The second-order valence-electron chi connectivity index (χ2n) is 7.61. The van der Waals surface area contributed by atoms with Crippen LogP contribution in [0.5, 0.6) is 0 Å². The van der Waals surface area contributed by atoms with Gasteiger partial charge in [-0.2, -0.15) is 0 Å².